The fraction of sp³-hybridized carbons (Fsp3) is 0.0370. The number of anilines is 1. The van der Waals surface area contributed by atoms with E-state index in [0.29, 0.717) is 11.5 Å². The van der Waals surface area contributed by atoms with Gasteiger partial charge in [0.2, 0.25) is 0 Å². The van der Waals surface area contributed by atoms with Crippen molar-refractivity contribution < 1.29 is 4.79 Å². The molecular formula is C27H19BrN2O. The van der Waals surface area contributed by atoms with Crippen LogP contribution in [0.25, 0.3) is 16.8 Å². The van der Waals surface area contributed by atoms with Gasteiger partial charge in [0.05, 0.1) is 5.69 Å². The number of rotatable bonds is 3. The molecule has 1 amide bonds. The number of fused-ring (bicyclic) bond motifs is 1. The molecule has 1 heterocycles. The van der Waals surface area contributed by atoms with Crippen LogP contribution in [0.15, 0.2) is 106 Å². The van der Waals surface area contributed by atoms with Gasteiger partial charge in [0.25, 0.3) is 5.91 Å². The van der Waals surface area contributed by atoms with Crippen LogP contribution in [0.4, 0.5) is 5.69 Å². The van der Waals surface area contributed by atoms with Crippen molar-refractivity contribution in [1.29, 1.82) is 0 Å². The van der Waals surface area contributed by atoms with Gasteiger partial charge in [-0.2, -0.15) is 0 Å². The molecule has 5 rings (SSSR count). The third-order valence-corrected chi connectivity index (χ3v) is 5.87. The summed E-state index contributed by atoms with van der Waals surface area (Å²) in [4.78, 5) is 20.0. The molecule has 1 aliphatic rings. The first-order valence-corrected chi connectivity index (χ1v) is 10.8. The van der Waals surface area contributed by atoms with E-state index >= 15 is 0 Å². The summed E-state index contributed by atoms with van der Waals surface area (Å²) < 4.78 is 0.981. The number of carbonyl (C=O) groups excluding carboxylic acids is 1. The molecule has 0 unspecified atom stereocenters. The molecule has 3 nitrogen and oxygen atoms in total. The van der Waals surface area contributed by atoms with E-state index in [-0.39, 0.29) is 5.91 Å². The minimum absolute atomic E-state index is 0.128. The van der Waals surface area contributed by atoms with Gasteiger partial charge in [-0.1, -0.05) is 82.7 Å². The summed E-state index contributed by atoms with van der Waals surface area (Å²) in [6.45, 7) is 2.02. The average molecular weight is 467 g/mol. The van der Waals surface area contributed by atoms with E-state index in [4.69, 9.17) is 4.99 Å². The summed E-state index contributed by atoms with van der Waals surface area (Å²) in [5, 5.41) is 2.23. The molecule has 0 aliphatic carbocycles. The standard InChI is InChI=1S/C27H19BrN2O/c1-18-6-4-10-23(16-18)30-26(20-12-14-22(28)15-13-20)29-25(27(30)31)17-21-9-5-8-19-7-2-3-11-24(19)21/h2-17H,1H3/b25-17+. The summed E-state index contributed by atoms with van der Waals surface area (Å²) in [5.41, 5.74) is 4.20. The zero-order valence-electron chi connectivity index (χ0n) is 16.9. The van der Waals surface area contributed by atoms with Gasteiger partial charge in [0.15, 0.2) is 0 Å². The smallest absolute Gasteiger partial charge is 0.266 e. The molecule has 0 aromatic heterocycles. The van der Waals surface area contributed by atoms with Crippen molar-refractivity contribution in [2.75, 3.05) is 4.90 Å². The number of hydrogen-bond donors (Lipinski definition) is 0. The molecule has 150 valence electrons. The number of amidine groups is 1. The first kappa shape index (κ1) is 19.5. The van der Waals surface area contributed by atoms with Gasteiger partial charge in [-0.05, 0) is 59.2 Å². The minimum atomic E-state index is -0.128. The maximum Gasteiger partial charge on any atom is 0.282 e. The lowest BCUT2D eigenvalue weighted by Crippen LogP contribution is -2.32. The van der Waals surface area contributed by atoms with Crippen LogP contribution in [0.1, 0.15) is 16.7 Å². The minimum Gasteiger partial charge on any atom is -0.266 e. The van der Waals surface area contributed by atoms with Crippen LogP contribution in [0.3, 0.4) is 0 Å². The first-order chi connectivity index (χ1) is 15.1. The number of nitrogens with zero attached hydrogens (tertiary/aromatic N) is 2. The molecule has 0 spiro atoms. The molecule has 0 saturated heterocycles. The van der Waals surface area contributed by atoms with Gasteiger partial charge in [0.1, 0.15) is 11.5 Å². The van der Waals surface area contributed by atoms with Crippen molar-refractivity contribution in [3.63, 3.8) is 0 Å². The monoisotopic (exact) mass is 466 g/mol. The van der Waals surface area contributed by atoms with Crippen molar-refractivity contribution in [3.05, 3.63) is 118 Å². The maximum absolute atomic E-state index is 13.5. The molecular weight excluding hydrogens is 448 g/mol. The Bertz CT molecular complexity index is 1360. The van der Waals surface area contributed by atoms with Gasteiger partial charge >= 0.3 is 0 Å². The van der Waals surface area contributed by atoms with Crippen LogP contribution >= 0.6 is 15.9 Å². The number of amides is 1. The van der Waals surface area contributed by atoms with Crippen molar-refractivity contribution in [1.82, 2.24) is 0 Å². The van der Waals surface area contributed by atoms with Crippen molar-refractivity contribution in [3.8, 4) is 0 Å². The van der Waals surface area contributed by atoms with E-state index in [2.05, 4.69) is 34.1 Å². The SMILES string of the molecule is Cc1cccc(N2C(=O)/C(=C\c3cccc4ccccc34)N=C2c2ccc(Br)cc2)c1. The first-order valence-electron chi connectivity index (χ1n) is 10.1. The second-order valence-electron chi connectivity index (χ2n) is 7.52. The highest BCUT2D eigenvalue weighted by Crippen LogP contribution is 2.30. The van der Waals surface area contributed by atoms with E-state index < -0.39 is 0 Å². The van der Waals surface area contributed by atoms with E-state index in [1.54, 1.807) is 4.90 Å². The van der Waals surface area contributed by atoms with Crippen LogP contribution in [0.2, 0.25) is 0 Å². The van der Waals surface area contributed by atoms with E-state index in [1.807, 2.05) is 85.8 Å². The number of carbonyl (C=O) groups is 1. The summed E-state index contributed by atoms with van der Waals surface area (Å²) >= 11 is 3.48. The lowest BCUT2D eigenvalue weighted by atomic mass is 10.0. The lowest BCUT2D eigenvalue weighted by Gasteiger charge is -2.19. The van der Waals surface area contributed by atoms with Gasteiger partial charge in [0, 0.05) is 10.0 Å². The second-order valence-corrected chi connectivity index (χ2v) is 8.44. The van der Waals surface area contributed by atoms with E-state index in [9.17, 15) is 4.79 Å². The molecule has 0 saturated carbocycles. The molecule has 4 aromatic rings. The maximum atomic E-state index is 13.5. The van der Waals surface area contributed by atoms with Gasteiger partial charge in [-0.25, -0.2) is 4.99 Å². The van der Waals surface area contributed by atoms with Crippen molar-refractivity contribution >= 4 is 50.2 Å². The van der Waals surface area contributed by atoms with Gasteiger partial charge in [-0.3, -0.25) is 9.69 Å². The zero-order chi connectivity index (χ0) is 21.4. The van der Waals surface area contributed by atoms with Crippen LogP contribution in [-0.2, 0) is 4.79 Å². The summed E-state index contributed by atoms with van der Waals surface area (Å²) in [6.07, 6.45) is 1.89. The highest BCUT2D eigenvalue weighted by molar-refractivity contribution is 9.10. The summed E-state index contributed by atoms with van der Waals surface area (Å²) in [6, 6.07) is 30.1. The lowest BCUT2D eigenvalue weighted by molar-refractivity contribution is -0.113. The Hall–Kier alpha value is -3.50. The highest BCUT2D eigenvalue weighted by Gasteiger charge is 2.32. The largest absolute Gasteiger partial charge is 0.282 e. The third-order valence-electron chi connectivity index (χ3n) is 5.34. The Morgan fingerprint density at radius 1 is 0.871 bits per heavy atom. The Morgan fingerprint density at radius 3 is 2.42 bits per heavy atom. The number of hydrogen-bond acceptors (Lipinski definition) is 2. The van der Waals surface area contributed by atoms with E-state index in [1.165, 1.54) is 0 Å². The number of aryl methyl sites for hydroxylation is 1. The summed E-state index contributed by atoms with van der Waals surface area (Å²) in [5.74, 6) is 0.506. The highest BCUT2D eigenvalue weighted by atomic mass is 79.9. The molecule has 0 radical (unpaired) electrons. The Balaban J connectivity index is 1.67. The third kappa shape index (κ3) is 3.71. The predicted molar refractivity (Wildman–Crippen MR) is 131 cm³/mol. The molecule has 1 aliphatic heterocycles. The van der Waals surface area contributed by atoms with Gasteiger partial charge in [-0.15, -0.1) is 0 Å². The Morgan fingerprint density at radius 2 is 1.61 bits per heavy atom. The fourth-order valence-electron chi connectivity index (χ4n) is 3.84. The predicted octanol–water partition coefficient (Wildman–Crippen LogP) is 6.75. The zero-order valence-corrected chi connectivity index (χ0v) is 18.5. The molecule has 0 N–H and O–H groups in total. The molecule has 0 bridgehead atoms. The molecule has 4 heteroatoms. The number of aliphatic imine (C=N–C) groups is 1. The second kappa shape index (κ2) is 7.97. The van der Waals surface area contributed by atoms with Crippen molar-refractivity contribution in [2.45, 2.75) is 6.92 Å². The van der Waals surface area contributed by atoms with Crippen LogP contribution in [0, 0.1) is 6.92 Å². The molecule has 0 fully saturated rings. The molecule has 0 atom stereocenters. The van der Waals surface area contributed by atoms with Crippen LogP contribution < -0.4 is 4.90 Å². The fourth-order valence-corrected chi connectivity index (χ4v) is 4.10. The van der Waals surface area contributed by atoms with Gasteiger partial charge < -0.3 is 0 Å². The Kier molecular flexibility index (Phi) is 5.00. The van der Waals surface area contributed by atoms with E-state index in [0.717, 1.165) is 37.6 Å². The summed E-state index contributed by atoms with van der Waals surface area (Å²) in [7, 11) is 0. The molecule has 31 heavy (non-hydrogen) atoms. The van der Waals surface area contributed by atoms with Crippen LogP contribution in [0.5, 0.6) is 0 Å². The number of halogens is 1. The average Bonchev–Trinajstić information content (AvgIpc) is 3.10. The normalized spacial score (nSPS) is 15.0. The number of benzene rings is 4. The molecule has 4 aromatic carbocycles. The van der Waals surface area contributed by atoms with Crippen LogP contribution in [-0.4, -0.2) is 11.7 Å². The quantitative estimate of drug-likeness (QED) is 0.307. The van der Waals surface area contributed by atoms with Crippen molar-refractivity contribution in [2.24, 2.45) is 4.99 Å². The Labute approximate surface area is 189 Å². The topological polar surface area (TPSA) is 32.7 Å².